The van der Waals surface area contributed by atoms with Gasteiger partial charge in [-0.15, -0.1) is 5.10 Å². The van der Waals surface area contributed by atoms with Crippen LogP contribution in [-0.4, -0.2) is 49.2 Å². The highest BCUT2D eigenvalue weighted by Crippen LogP contribution is 2.39. The number of rotatable bonds is 7. The average Bonchev–Trinajstić information content (AvgIpc) is 3.41. The number of amides is 1. The van der Waals surface area contributed by atoms with E-state index < -0.39 is 0 Å². The number of thioether (sulfide) groups is 1. The molecule has 0 radical (unpaired) electrons. The van der Waals surface area contributed by atoms with Gasteiger partial charge in [0.05, 0.1) is 5.02 Å². The summed E-state index contributed by atoms with van der Waals surface area (Å²) in [5.41, 5.74) is 3.00. The second kappa shape index (κ2) is 9.96. The lowest BCUT2D eigenvalue weighted by molar-refractivity contribution is 0.0359. The van der Waals surface area contributed by atoms with E-state index in [-0.39, 0.29) is 24.1 Å². The van der Waals surface area contributed by atoms with Crippen LogP contribution < -0.4 is 4.74 Å². The van der Waals surface area contributed by atoms with Crippen LogP contribution in [0.15, 0.2) is 47.6 Å². The van der Waals surface area contributed by atoms with Crippen molar-refractivity contribution < 1.29 is 9.53 Å². The molecule has 5 rings (SSSR count). The summed E-state index contributed by atoms with van der Waals surface area (Å²) in [5, 5.41) is 13.2. The number of aryl methyl sites for hydroxylation is 2. The van der Waals surface area contributed by atoms with E-state index in [1.54, 1.807) is 16.4 Å². The minimum Gasteiger partial charge on any atom is -0.489 e. The van der Waals surface area contributed by atoms with Gasteiger partial charge in [-0.2, -0.15) is 0 Å². The van der Waals surface area contributed by atoms with Crippen LogP contribution in [0.5, 0.6) is 5.75 Å². The molecule has 2 saturated heterocycles. The number of fused-ring (bicyclic) bond motifs is 2. The Kier molecular flexibility index (Phi) is 6.79. The number of carbonyl (C=O) groups excluding carboxylic acids is 1. The second-order valence-electron chi connectivity index (χ2n) is 9.01. The third kappa shape index (κ3) is 4.79. The topological polar surface area (TPSA) is 73.1 Å². The summed E-state index contributed by atoms with van der Waals surface area (Å²) in [7, 11) is 0. The lowest BCUT2D eigenvalue weighted by atomic mass is 9.98. The smallest absolute Gasteiger partial charge is 0.254 e. The van der Waals surface area contributed by atoms with Gasteiger partial charge < -0.3 is 9.64 Å². The van der Waals surface area contributed by atoms with Crippen LogP contribution in [0.1, 0.15) is 54.1 Å². The summed E-state index contributed by atoms with van der Waals surface area (Å²) in [6.07, 6.45) is 3.82. The van der Waals surface area contributed by atoms with Crippen molar-refractivity contribution >= 4 is 29.3 Å². The van der Waals surface area contributed by atoms with Crippen molar-refractivity contribution in [1.29, 1.82) is 0 Å². The van der Waals surface area contributed by atoms with Gasteiger partial charge in [-0.25, -0.2) is 4.68 Å². The van der Waals surface area contributed by atoms with Crippen molar-refractivity contribution in [2.45, 2.75) is 75.2 Å². The first-order chi connectivity index (χ1) is 16.5. The molecule has 2 atom stereocenters. The number of carbonyl (C=O) groups is 1. The molecule has 34 heavy (non-hydrogen) atoms. The maximum Gasteiger partial charge on any atom is 0.254 e. The number of aromatic nitrogens is 4. The van der Waals surface area contributed by atoms with Gasteiger partial charge in [0.2, 0.25) is 5.16 Å². The molecule has 0 aliphatic carbocycles. The molecule has 0 spiro atoms. The summed E-state index contributed by atoms with van der Waals surface area (Å²) >= 11 is 7.94. The van der Waals surface area contributed by atoms with Crippen LogP contribution in [0.3, 0.4) is 0 Å². The van der Waals surface area contributed by atoms with Crippen LogP contribution in [0.2, 0.25) is 5.02 Å². The molecule has 2 aromatic carbocycles. The van der Waals surface area contributed by atoms with E-state index in [2.05, 4.69) is 20.4 Å². The number of piperidine rings is 1. The van der Waals surface area contributed by atoms with Crippen LogP contribution >= 0.6 is 23.4 Å². The van der Waals surface area contributed by atoms with Crippen LogP contribution in [-0.2, 0) is 12.3 Å². The van der Waals surface area contributed by atoms with Crippen molar-refractivity contribution in [2.75, 3.05) is 0 Å². The normalized spacial score (nSPS) is 21.6. The van der Waals surface area contributed by atoms with Gasteiger partial charge >= 0.3 is 0 Å². The quantitative estimate of drug-likeness (QED) is 0.420. The molecule has 0 saturated carbocycles. The largest absolute Gasteiger partial charge is 0.489 e. The van der Waals surface area contributed by atoms with Crippen LogP contribution in [0, 0.1) is 6.92 Å². The van der Waals surface area contributed by atoms with E-state index in [1.165, 1.54) is 0 Å². The predicted octanol–water partition coefficient (Wildman–Crippen LogP) is 5.16. The van der Waals surface area contributed by atoms with E-state index in [9.17, 15) is 4.79 Å². The Labute approximate surface area is 208 Å². The van der Waals surface area contributed by atoms with Gasteiger partial charge in [0, 0.05) is 42.8 Å². The van der Waals surface area contributed by atoms with Crippen LogP contribution in [0.4, 0.5) is 0 Å². The van der Waals surface area contributed by atoms with Crippen molar-refractivity contribution in [3.63, 3.8) is 0 Å². The molecular weight excluding hydrogens is 470 g/mol. The maximum atomic E-state index is 13.4. The molecule has 3 heterocycles. The molecule has 178 valence electrons. The third-order valence-corrected chi connectivity index (χ3v) is 8.01. The molecule has 2 fully saturated rings. The Hall–Kier alpha value is -2.58. The Balaban J connectivity index is 1.21. The molecule has 1 aromatic heterocycles. The number of nitrogens with zero attached hydrogens (tertiary/aromatic N) is 5. The molecule has 9 heteroatoms. The molecular formula is C25H28ClN5O2S. The van der Waals surface area contributed by atoms with Gasteiger partial charge in [0.15, 0.2) is 0 Å². The number of tetrazole rings is 1. The Bertz CT molecular complexity index is 1150. The minimum absolute atomic E-state index is 0.0832. The summed E-state index contributed by atoms with van der Waals surface area (Å²) in [5.74, 6) is 1.62. The fourth-order valence-corrected chi connectivity index (χ4v) is 6.03. The van der Waals surface area contributed by atoms with Crippen LogP contribution in [0.25, 0.3) is 0 Å². The zero-order chi connectivity index (χ0) is 23.7. The Morgan fingerprint density at radius 3 is 2.59 bits per heavy atom. The van der Waals surface area contributed by atoms with Gasteiger partial charge in [-0.1, -0.05) is 41.6 Å². The molecule has 2 unspecified atom stereocenters. The van der Waals surface area contributed by atoms with Crippen molar-refractivity contribution in [3.8, 4) is 5.75 Å². The summed E-state index contributed by atoms with van der Waals surface area (Å²) < 4.78 is 8.06. The standard InChI is InChI=1S/C25H28ClN5O2S/c1-3-30-25(27-28-29-30)34-15-17-5-7-18(8-6-17)24(32)31-19-9-10-20(31)14-21(13-19)33-23-12-16(2)4-11-22(23)26/h4-8,11-12,19-21H,3,9-10,13-15H2,1-2H3. The fourth-order valence-electron chi connectivity index (χ4n) is 4.97. The molecule has 2 bridgehead atoms. The van der Waals surface area contributed by atoms with Gasteiger partial charge in [0.25, 0.3) is 5.91 Å². The first-order valence-electron chi connectivity index (χ1n) is 11.7. The lowest BCUT2D eigenvalue weighted by Crippen LogP contribution is -2.49. The first-order valence-corrected chi connectivity index (χ1v) is 13.1. The van der Waals surface area contributed by atoms with E-state index in [4.69, 9.17) is 16.3 Å². The van der Waals surface area contributed by atoms with Crippen molar-refractivity contribution in [2.24, 2.45) is 0 Å². The fraction of sp³-hybridized carbons (Fsp3) is 0.440. The third-order valence-electron chi connectivity index (χ3n) is 6.67. The molecule has 2 aliphatic rings. The number of halogens is 1. The lowest BCUT2D eigenvalue weighted by Gasteiger charge is -2.39. The molecule has 1 amide bonds. The number of hydrogen-bond donors (Lipinski definition) is 0. The highest BCUT2D eigenvalue weighted by molar-refractivity contribution is 7.98. The van der Waals surface area contributed by atoms with E-state index in [0.717, 1.165) is 65.6 Å². The molecule has 3 aromatic rings. The van der Waals surface area contributed by atoms with Crippen molar-refractivity contribution in [1.82, 2.24) is 25.1 Å². The van der Waals surface area contributed by atoms with Gasteiger partial charge in [0.1, 0.15) is 11.9 Å². The predicted molar refractivity (Wildman–Crippen MR) is 132 cm³/mol. The average molecular weight is 498 g/mol. The summed E-state index contributed by atoms with van der Waals surface area (Å²) in [4.78, 5) is 15.5. The maximum absolute atomic E-state index is 13.4. The second-order valence-corrected chi connectivity index (χ2v) is 10.4. The molecule has 0 N–H and O–H groups in total. The Morgan fingerprint density at radius 1 is 1.15 bits per heavy atom. The zero-order valence-corrected chi connectivity index (χ0v) is 20.9. The van der Waals surface area contributed by atoms with E-state index in [0.29, 0.717) is 5.02 Å². The van der Waals surface area contributed by atoms with E-state index >= 15 is 0 Å². The highest BCUT2D eigenvalue weighted by atomic mass is 35.5. The highest BCUT2D eigenvalue weighted by Gasteiger charge is 2.44. The van der Waals surface area contributed by atoms with E-state index in [1.807, 2.05) is 56.3 Å². The van der Waals surface area contributed by atoms with Gasteiger partial charge in [-0.05, 0) is 72.5 Å². The summed E-state index contributed by atoms with van der Waals surface area (Å²) in [6.45, 7) is 4.79. The van der Waals surface area contributed by atoms with Crippen molar-refractivity contribution in [3.05, 3.63) is 64.2 Å². The minimum atomic E-state index is 0.0832. The van der Waals surface area contributed by atoms with Gasteiger partial charge in [-0.3, -0.25) is 4.79 Å². The number of benzene rings is 2. The zero-order valence-electron chi connectivity index (χ0n) is 19.4. The molecule has 2 aliphatic heterocycles. The number of ether oxygens (including phenoxy) is 1. The first kappa shape index (κ1) is 23.2. The molecule has 7 nitrogen and oxygen atoms in total. The Morgan fingerprint density at radius 2 is 1.88 bits per heavy atom. The summed E-state index contributed by atoms with van der Waals surface area (Å²) in [6, 6.07) is 14.2. The number of hydrogen-bond acceptors (Lipinski definition) is 6. The monoisotopic (exact) mass is 497 g/mol. The SMILES string of the molecule is CCn1nnnc1SCc1ccc(C(=O)N2C3CCC2CC(Oc2cc(C)ccc2Cl)C3)cc1.